The SMILES string of the molecule is C[C@H]1[C@H](O)CN1c1nc(-c2cccc([S@](C)(=N)=O)c2)c2c(n1)C(F)(F)CC2. The maximum absolute atomic E-state index is 14.4. The van der Waals surface area contributed by atoms with Crippen molar-refractivity contribution in [3.63, 3.8) is 0 Å². The van der Waals surface area contributed by atoms with Crippen LogP contribution in [0.3, 0.4) is 0 Å². The first-order chi connectivity index (χ1) is 12.6. The van der Waals surface area contributed by atoms with Crippen molar-refractivity contribution in [3.8, 4) is 11.3 Å². The van der Waals surface area contributed by atoms with Crippen LogP contribution in [0.5, 0.6) is 0 Å². The van der Waals surface area contributed by atoms with Crippen molar-refractivity contribution in [1.82, 2.24) is 9.97 Å². The van der Waals surface area contributed by atoms with Crippen molar-refractivity contribution in [3.05, 3.63) is 35.5 Å². The lowest BCUT2D eigenvalue weighted by molar-refractivity contribution is -0.00603. The van der Waals surface area contributed by atoms with E-state index in [4.69, 9.17) is 4.78 Å². The van der Waals surface area contributed by atoms with Crippen LogP contribution in [0.2, 0.25) is 0 Å². The molecular weight excluding hydrogens is 374 g/mol. The van der Waals surface area contributed by atoms with Crippen LogP contribution in [0.4, 0.5) is 14.7 Å². The van der Waals surface area contributed by atoms with Gasteiger partial charge in [-0.05, 0) is 25.5 Å². The van der Waals surface area contributed by atoms with Crippen molar-refractivity contribution in [2.45, 2.75) is 42.7 Å². The van der Waals surface area contributed by atoms with Crippen molar-refractivity contribution in [2.24, 2.45) is 0 Å². The number of nitrogens with zero attached hydrogens (tertiary/aromatic N) is 3. The summed E-state index contributed by atoms with van der Waals surface area (Å²) in [5, 5.41) is 9.76. The molecule has 0 radical (unpaired) electrons. The van der Waals surface area contributed by atoms with E-state index in [0.29, 0.717) is 28.3 Å². The van der Waals surface area contributed by atoms with E-state index in [1.807, 2.05) is 0 Å². The van der Waals surface area contributed by atoms with E-state index >= 15 is 0 Å². The largest absolute Gasteiger partial charge is 0.389 e. The second-order valence-corrected chi connectivity index (χ2v) is 9.39. The van der Waals surface area contributed by atoms with Crippen molar-refractivity contribution in [2.75, 3.05) is 17.7 Å². The van der Waals surface area contributed by atoms with Gasteiger partial charge in [-0.2, -0.15) is 8.78 Å². The van der Waals surface area contributed by atoms with Gasteiger partial charge in [-0.15, -0.1) is 0 Å². The summed E-state index contributed by atoms with van der Waals surface area (Å²) in [7, 11) is -2.94. The highest BCUT2D eigenvalue weighted by atomic mass is 32.2. The molecule has 2 aromatic rings. The van der Waals surface area contributed by atoms with Gasteiger partial charge in [0.15, 0.2) is 0 Å². The van der Waals surface area contributed by atoms with Crippen molar-refractivity contribution in [1.29, 1.82) is 4.78 Å². The molecule has 1 aromatic heterocycles. The number of aromatic nitrogens is 2. The molecule has 0 amide bonds. The first kappa shape index (κ1) is 18.2. The van der Waals surface area contributed by atoms with Gasteiger partial charge < -0.3 is 10.0 Å². The number of hydrogen-bond donors (Lipinski definition) is 2. The lowest BCUT2D eigenvalue weighted by Crippen LogP contribution is -2.59. The fourth-order valence-corrected chi connectivity index (χ4v) is 4.21. The third-order valence-electron chi connectivity index (χ3n) is 5.28. The molecule has 2 N–H and O–H groups in total. The van der Waals surface area contributed by atoms with E-state index in [0.717, 1.165) is 0 Å². The number of β-amino-alcohol motifs (C(OH)–C–C–N with tert-alkyl or cyclic N) is 1. The summed E-state index contributed by atoms with van der Waals surface area (Å²) in [5.41, 5.74) is 1.04. The third-order valence-corrected chi connectivity index (χ3v) is 6.43. The van der Waals surface area contributed by atoms with E-state index in [2.05, 4.69) is 9.97 Å². The second-order valence-electron chi connectivity index (χ2n) is 7.24. The van der Waals surface area contributed by atoms with E-state index in [-0.39, 0.29) is 30.5 Å². The fourth-order valence-electron chi connectivity index (χ4n) is 3.52. The Hall–Kier alpha value is -2.13. The number of halogens is 2. The van der Waals surface area contributed by atoms with Crippen molar-refractivity contribution < 1.29 is 18.1 Å². The molecule has 2 aliphatic rings. The van der Waals surface area contributed by atoms with Gasteiger partial charge in [-0.3, -0.25) is 0 Å². The van der Waals surface area contributed by atoms with Gasteiger partial charge in [0.05, 0.1) is 27.6 Å². The maximum Gasteiger partial charge on any atom is 0.290 e. The Bertz CT molecular complexity index is 1030. The molecule has 3 atom stereocenters. The lowest BCUT2D eigenvalue weighted by Gasteiger charge is -2.43. The molecule has 1 saturated heterocycles. The molecule has 1 fully saturated rings. The predicted molar refractivity (Wildman–Crippen MR) is 97.5 cm³/mol. The van der Waals surface area contributed by atoms with Crippen molar-refractivity contribution >= 4 is 15.7 Å². The van der Waals surface area contributed by atoms with Crippen LogP contribution in [0.25, 0.3) is 11.3 Å². The van der Waals surface area contributed by atoms with Gasteiger partial charge in [0.2, 0.25) is 5.95 Å². The van der Waals surface area contributed by atoms with Crippen LogP contribution in [0.15, 0.2) is 29.2 Å². The van der Waals surface area contributed by atoms with E-state index in [1.54, 1.807) is 36.1 Å². The van der Waals surface area contributed by atoms with Crippen LogP contribution < -0.4 is 4.90 Å². The summed E-state index contributed by atoms with van der Waals surface area (Å²) >= 11 is 0. The normalized spacial score (nSPS) is 25.6. The average Bonchev–Trinajstić information content (AvgIpc) is 2.93. The first-order valence-electron chi connectivity index (χ1n) is 8.66. The molecule has 9 heteroatoms. The van der Waals surface area contributed by atoms with Gasteiger partial charge >= 0.3 is 0 Å². The standard InChI is InChI=1S/C18H20F2N4O2S/c1-10-14(25)9-24(10)17-22-15(13-6-7-18(19,20)16(13)23-17)11-4-3-5-12(8-11)27(2,21)26/h3-5,8,10,14,21,25H,6-7,9H2,1-2H3/t10-,14+,27+/m0/s1. The summed E-state index contributed by atoms with van der Waals surface area (Å²) in [6, 6.07) is 6.28. The first-order valence-corrected chi connectivity index (χ1v) is 10.6. The lowest BCUT2D eigenvalue weighted by atomic mass is 10.0. The molecular formula is C18H20F2N4O2S. The minimum atomic E-state index is -3.03. The fraction of sp³-hybridized carbons (Fsp3) is 0.444. The predicted octanol–water partition coefficient (Wildman–Crippen LogP) is 2.79. The molecule has 1 aliphatic carbocycles. The van der Waals surface area contributed by atoms with Crippen LogP contribution in [0.1, 0.15) is 24.6 Å². The van der Waals surface area contributed by atoms with Crippen LogP contribution in [-0.2, 0) is 22.1 Å². The minimum absolute atomic E-state index is 0.155. The van der Waals surface area contributed by atoms with Crippen LogP contribution in [-0.4, -0.2) is 44.2 Å². The minimum Gasteiger partial charge on any atom is -0.389 e. The molecule has 0 unspecified atom stereocenters. The summed E-state index contributed by atoms with van der Waals surface area (Å²) in [6.07, 6.45) is 0.609. The summed E-state index contributed by atoms with van der Waals surface area (Å²) in [4.78, 5) is 10.7. The third kappa shape index (κ3) is 2.98. The summed E-state index contributed by atoms with van der Waals surface area (Å²) in [6.45, 7) is 2.08. The zero-order valence-electron chi connectivity index (χ0n) is 14.9. The van der Waals surface area contributed by atoms with E-state index < -0.39 is 21.8 Å². The Morgan fingerprint density at radius 3 is 2.74 bits per heavy atom. The van der Waals surface area contributed by atoms with Gasteiger partial charge in [-0.25, -0.2) is 19.0 Å². The Balaban J connectivity index is 1.89. The average molecular weight is 394 g/mol. The number of aliphatic hydroxyl groups excluding tert-OH is 1. The molecule has 0 spiro atoms. The highest BCUT2D eigenvalue weighted by molar-refractivity contribution is 7.91. The zero-order chi connectivity index (χ0) is 19.6. The second kappa shape index (κ2) is 5.93. The number of anilines is 1. The Morgan fingerprint density at radius 1 is 1.37 bits per heavy atom. The number of rotatable bonds is 3. The highest BCUT2D eigenvalue weighted by Gasteiger charge is 2.45. The summed E-state index contributed by atoms with van der Waals surface area (Å²) < 4.78 is 48.7. The summed E-state index contributed by atoms with van der Waals surface area (Å²) in [5.74, 6) is -2.86. The molecule has 0 saturated carbocycles. The molecule has 144 valence electrons. The Kier molecular flexibility index (Phi) is 4.01. The van der Waals surface area contributed by atoms with Gasteiger partial charge in [-0.1, -0.05) is 12.1 Å². The number of aliphatic hydroxyl groups is 1. The Morgan fingerprint density at radius 2 is 2.11 bits per heavy atom. The number of nitrogens with one attached hydrogen (secondary N) is 1. The van der Waals surface area contributed by atoms with Gasteiger partial charge in [0.25, 0.3) is 5.92 Å². The Labute approximate surface area is 156 Å². The molecule has 2 heterocycles. The quantitative estimate of drug-likeness (QED) is 0.836. The smallest absolute Gasteiger partial charge is 0.290 e. The van der Waals surface area contributed by atoms with Gasteiger partial charge in [0.1, 0.15) is 5.69 Å². The van der Waals surface area contributed by atoms with E-state index in [9.17, 15) is 18.1 Å². The molecule has 4 rings (SSSR count). The maximum atomic E-state index is 14.4. The molecule has 27 heavy (non-hydrogen) atoms. The van der Waals surface area contributed by atoms with Crippen LogP contribution in [0, 0.1) is 4.78 Å². The molecule has 1 aromatic carbocycles. The molecule has 6 nitrogen and oxygen atoms in total. The van der Waals surface area contributed by atoms with E-state index in [1.165, 1.54) is 6.26 Å². The zero-order valence-corrected chi connectivity index (χ0v) is 15.8. The number of hydrogen-bond acceptors (Lipinski definition) is 6. The number of alkyl halides is 2. The van der Waals surface area contributed by atoms with Crippen LogP contribution >= 0.6 is 0 Å². The number of fused-ring (bicyclic) bond motifs is 1. The monoisotopic (exact) mass is 394 g/mol. The van der Waals surface area contributed by atoms with Gasteiger partial charge in [0, 0.05) is 35.2 Å². The molecule has 1 aliphatic heterocycles. The number of benzene rings is 1. The molecule has 0 bridgehead atoms. The topological polar surface area (TPSA) is 90.2 Å². The highest BCUT2D eigenvalue weighted by Crippen LogP contribution is 2.45.